The molecule has 0 aliphatic carbocycles. The third kappa shape index (κ3) is 4.46. The van der Waals surface area contributed by atoms with Crippen molar-refractivity contribution in [3.8, 4) is 0 Å². The molecule has 6 nitrogen and oxygen atoms in total. The van der Waals surface area contributed by atoms with Crippen molar-refractivity contribution >= 4 is 5.91 Å². The highest BCUT2D eigenvalue weighted by atomic mass is 19.1. The molecule has 1 N–H and O–H groups in total. The van der Waals surface area contributed by atoms with Crippen molar-refractivity contribution in [1.82, 2.24) is 25.0 Å². The number of nitrogens with one attached hydrogen (secondary N) is 1. The minimum Gasteiger partial charge on any atom is -0.353 e. The van der Waals surface area contributed by atoms with E-state index < -0.39 is 0 Å². The van der Waals surface area contributed by atoms with E-state index in [-0.39, 0.29) is 17.8 Å². The predicted octanol–water partition coefficient (Wildman–Crippen LogP) is 2.38. The van der Waals surface area contributed by atoms with Crippen LogP contribution in [0.2, 0.25) is 0 Å². The standard InChI is InChI=1S/C19H26FN5O/c1-14-22-15(2)25(23-14)13-10-21-19(26)18(24-11-4-3-5-12-24)16-6-8-17(20)9-7-16/h6-9,18H,3-5,10-13H2,1-2H3,(H,21,26)/t18-/m0/s1. The Kier molecular flexibility index (Phi) is 5.98. The number of aromatic nitrogens is 3. The van der Waals surface area contributed by atoms with Gasteiger partial charge in [-0.15, -0.1) is 0 Å². The molecule has 0 unspecified atom stereocenters. The van der Waals surface area contributed by atoms with Gasteiger partial charge in [0.2, 0.25) is 5.91 Å². The lowest BCUT2D eigenvalue weighted by atomic mass is 10.0. The fourth-order valence-corrected chi connectivity index (χ4v) is 3.50. The lowest BCUT2D eigenvalue weighted by molar-refractivity contribution is -0.127. The number of halogens is 1. The summed E-state index contributed by atoms with van der Waals surface area (Å²) in [5, 5.41) is 7.33. The van der Waals surface area contributed by atoms with Gasteiger partial charge in [-0.05, 0) is 57.5 Å². The van der Waals surface area contributed by atoms with E-state index in [0.717, 1.165) is 43.1 Å². The molecule has 1 saturated heterocycles. The first-order valence-corrected chi connectivity index (χ1v) is 9.20. The number of hydrogen-bond donors (Lipinski definition) is 1. The maximum Gasteiger partial charge on any atom is 0.242 e. The van der Waals surface area contributed by atoms with Gasteiger partial charge in [0.25, 0.3) is 0 Å². The van der Waals surface area contributed by atoms with Crippen LogP contribution in [0, 0.1) is 19.7 Å². The van der Waals surface area contributed by atoms with Crippen molar-refractivity contribution in [2.75, 3.05) is 19.6 Å². The molecule has 2 heterocycles. The van der Waals surface area contributed by atoms with E-state index in [9.17, 15) is 9.18 Å². The number of aryl methyl sites for hydroxylation is 2. The van der Waals surface area contributed by atoms with E-state index in [1.165, 1.54) is 18.6 Å². The number of piperidine rings is 1. The average molecular weight is 359 g/mol. The van der Waals surface area contributed by atoms with Crippen LogP contribution >= 0.6 is 0 Å². The number of carbonyl (C=O) groups is 1. The fourth-order valence-electron chi connectivity index (χ4n) is 3.50. The second kappa shape index (κ2) is 8.40. The fraction of sp³-hybridized carbons (Fsp3) is 0.526. The Hall–Kier alpha value is -2.28. The van der Waals surface area contributed by atoms with Crippen LogP contribution in [0.4, 0.5) is 4.39 Å². The lowest BCUT2D eigenvalue weighted by Gasteiger charge is -2.34. The molecular weight excluding hydrogens is 333 g/mol. The number of rotatable bonds is 6. The zero-order valence-electron chi connectivity index (χ0n) is 15.4. The van der Waals surface area contributed by atoms with Crippen LogP contribution in [0.5, 0.6) is 0 Å². The Balaban J connectivity index is 1.67. The Labute approximate surface area is 153 Å². The number of benzene rings is 1. The monoisotopic (exact) mass is 359 g/mol. The molecule has 1 aliphatic heterocycles. The quantitative estimate of drug-likeness (QED) is 0.860. The molecule has 26 heavy (non-hydrogen) atoms. The van der Waals surface area contributed by atoms with Crippen LogP contribution in [0.3, 0.4) is 0 Å². The van der Waals surface area contributed by atoms with Gasteiger partial charge in [0.1, 0.15) is 23.5 Å². The first-order valence-electron chi connectivity index (χ1n) is 9.20. The highest BCUT2D eigenvalue weighted by molar-refractivity contribution is 5.83. The Morgan fingerprint density at radius 3 is 2.50 bits per heavy atom. The molecule has 2 aromatic rings. The first-order chi connectivity index (χ1) is 12.5. The van der Waals surface area contributed by atoms with E-state index in [2.05, 4.69) is 20.3 Å². The van der Waals surface area contributed by atoms with E-state index in [1.807, 2.05) is 13.8 Å². The van der Waals surface area contributed by atoms with Gasteiger partial charge in [-0.1, -0.05) is 18.6 Å². The largest absolute Gasteiger partial charge is 0.353 e. The summed E-state index contributed by atoms with van der Waals surface area (Å²) in [5.41, 5.74) is 0.832. The summed E-state index contributed by atoms with van der Waals surface area (Å²) in [5.74, 6) is 1.23. The average Bonchev–Trinajstić information content (AvgIpc) is 2.95. The third-order valence-electron chi connectivity index (χ3n) is 4.78. The van der Waals surface area contributed by atoms with Gasteiger partial charge in [-0.3, -0.25) is 9.69 Å². The maximum atomic E-state index is 13.3. The highest BCUT2D eigenvalue weighted by Gasteiger charge is 2.28. The first kappa shape index (κ1) is 18.5. The van der Waals surface area contributed by atoms with Crippen LogP contribution in [-0.2, 0) is 11.3 Å². The molecular formula is C19H26FN5O. The zero-order valence-corrected chi connectivity index (χ0v) is 15.4. The minimum absolute atomic E-state index is 0.0481. The minimum atomic E-state index is -0.380. The van der Waals surface area contributed by atoms with Crippen LogP contribution in [0.25, 0.3) is 0 Å². The Morgan fingerprint density at radius 1 is 1.19 bits per heavy atom. The van der Waals surface area contributed by atoms with E-state index in [0.29, 0.717) is 13.1 Å². The topological polar surface area (TPSA) is 63.1 Å². The molecule has 0 radical (unpaired) electrons. The summed E-state index contributed by atoms with van der Waals surface area (Å²) in [6.45, 7) is 6.58. The van der Waals surface area contributed by atoms with Gasteiger partial charge >= 0.3 is 0 Å². The smallest absolute Gasteiger partial charge is 0.242 e. The van der Waals surface area contributed by atoms with Gasteiger partial charge in [-0.25, -0.2) is 14.1 Å². The number of amides is 1. The molecule has 1 atom stereocenters. The van der Waals surface area contributed by atoms with Crippen molar-refractivity contribution in [3.63, 3.8) is 0 Å². The number of carbonyl (C=O) groups excluding carboxylic acids is 1. The molecule has 0 spiro atoms. The normalized spacial score (nSPS) is 16.4. The second-order valence-corrected chi connectivity index (χ2v) is 6.77. The molecule has 1 aromatic heterocycles. The summed E-state index contributed by atoms with van der Waals surface area (Å²) in [7, 11) is 0. The Morgan fingerprint density at radius 2 is 1.88 bits per heavy atom. The van der Waals surface area contributed by atoms with Crippen molar-refractivity contribution in [1.29, 1.82) is 0 Å². The molecule has 1 aromatic carbocycles. The number of hydrogen-bond acceptors (Lipinski definition) is 4. The van der Waals surface area contributed by atoms with Crippen LogP contribution in [0.15, 0.2) is 24.3 Å². The van der Waals surface area contributed by atoms with Crippen molar-refractivity contribution in [3.05, 3.63) is 47.3 Å². The maximum absolute atomic E-state index is 13.3. The summed E-state index contributed by atoms with van der Waals surface area (Å²) in [4.78, 5) is 19.4. The molecule has 1 aliphatic rings. The van der Waals surface area contributed by atoms with Crippen molar-refractivity contribution < 1.29 is 9.18 Å². The van der Waals surface area contributed by atoms with Crippen LogP contribution in [-0.4, -0.2) is 45.2 Å². The van der Waals surface area contributed by atoms with E-state index in [4.69, 9.17) is 0 Å². The molecule has 0 bridgehead atoms. The Bertz CT molecular complexity index is 737. The van der Waals surface area contributed by atoms with Gasteiger partial charge in [0, 0.05) is 6.54 Å². The molecule has 7 heteroatoms. The predicted molar refractivity (Wildman–Crippen MR) is 97.1 cm³/mol. The highest BCUT2D eigenvalue weighted by Crippen LogP contribution is 2.25. The van der Waals surface area contributed by atoms with Crippen molar-refractivity contribution in [2.24, 2.45) is 0 Å². The summed E-state index contributed by atoms with van der Waals surface area (Å²) in [6, 6.07) is 5.87. The van der Waals surface area contributed by atoms with Gasteiger partial charge in [0.05, 0.1) is 6.54 Å². The number of likely N-dealkylation sites (tertiary alicyclic amines) is 1. The molecule has 0 saturated carbocycles. The second-order valence-electron chi connectivity index (χ2n) is 6.77. The third-order valence-corrected chi connectivity index (χ3v) is 4.78. The van der Waals surface area contributed by atoms with E-state index >= 15 is 0 Å². The summed E-state index contributed by atoms with van der Waals surface area (Å²) >= 11 is 0. The van der Waals surface area contributed by atoms with Gasteiger partial charge in [-0.2, -0.15) is 5.10 Å². The molecule has 1 amide bonds. The SMILES string of the molecule is Cc1nc(C)n(CCNC(=O)[C@H](c2ccc(F)cc2)N2CCCCC2)n1. The summed E-state index contributed by atoms with van der Waals surface area (Å²) in [6.07, 6.45) is 3.37. The zero-order chi connectivity index (χ0) is 18.5. The van der Waals surface area contributed by atoms with Crippen LogP contribution < -0.4 is 5.32 Å². The number of nitrogens with zero attached hydrogens (tertiary/aromatic N) is 4. The molecule has 3 rings (SSSR count). The van der Waals surface area contributed by atoms with Crippen molar-refractivity contribution in [2.45, 2.75) is 45.7 Å². The lowest BCUT2D eigenvalue weighted by Crippen LogP contribution is -2.43. The molecule has 1 fully saturated rings. The van der Waals surface area contributed by atoms with E-state index in [1.54, 1.807) is 16.8 Å². The van der Waals surface area contributed by atoms with Crippen LogP contribution in [0.1, 0.15) is 42.5 Å². The van der Waals surface area contributed by atoms with Gasteiger partial charge < -0.3 is 5.32 Å². The summed E-state index contributed by atoms with van der Waals surface area (Å²) < 4.78 is 15.1. The van der Waals surface area contributed by atoms with Gasteiger partial charge in [0.15, 0.2) is 0 Å². The molecule has 140 valence electrons.